The van der Waals surface area contributed by atoms with Crippen molar-refractivity contribution in [3.05, 3.63) is 66.0 Å². The van der Waals surface area contributed by atoms with Crippen LogP contribution in [0.25, 0.3) is 11.3 Å². The Hall–Kier alpha value is -3.68. The van der Waals surface area contributed by atoms with Crippen molar-refractivity contribution in [2.75, 3.05) is 45.3 Å². The van der Waals surface area contributed by atoms with E-state index in [0.717, 1.165) is 17.1 Å². The van der Waals surface area contributed by atoms with Crippen molar-refractivity contribution in [2.24, 2.45) is 0 Å². The van der Waals surface area contributed by atoms with Gasteiger partial charge in [-0.15, -0.1) is 10.2 Å². The summed E-state index contributed by atoms with van der Waals surface area (Å²) in [6, 6.07) is 15.2. The van der Waals surface area contributed by atoms with E-state index in [9.17, 15) is 9.18 Å². The van der Waals surface area contributed by atoms with Crippen molar-refractivity contribution in [1.29, 1.82) is 0 Å². The number of hydrogen-bond acceptors (Lipinski definition) is 6. The molecule has 160 valence electrons. The summed E-state index contributed by atoms with van der Waals surface area (Å²) in [6.07, 6.45) is 0. The highest BCUT2D eigenvalue weighted by Gasteiger charge is 2.23. The Balaban J connectivity index is 1.41. The number of piperazine rings is 1. The molecule has 0 aliphatic carbocycles. The Morgan fingerprint density at radius 3 is 2.32 bits per heavy atom. The van der Waals surface area contributed by atoms with Gasteiger partial charge in [0.1, 0.15) is 5.82 Å². The molecular weight excluding hydrogens is 399 g/mol. The predicted molar refractivity (Wildman–Crippen MR) is 115 cm³/mol. The molecule has 1 fully saturated rings. The molecule has 0 bridgehead atoms. The highest BCUT2D eigenvalue weighted by molar-refractivity contribution is 5.94. The molecule has 1 aliphatic heterocycles. The molecule has 0 radical (unpaired) electrons. The Kier molecular flexibility index (Phi) is 5.97. The molecule has 0 N–H and O–H groups in total. The van der Waals surface area contributed by atoms with Gasteiger partial charge in [0, 0.05) is 37.3 Å². The van der Waals surface area contributed by atoms with E-state index < -0.39 is 5.82 Å². The van der Waals surface area contributed by atoms with E-state index in [1.807, 2.05) is 30.3 Å². The molecular formula is C23H23FN4O3. The number of aromatic nitrogens is 2. The minimum Gasteiger partial charge on any atom is -0.493 e. The number of methoxy groups -OCH3 is 2. The molecule has 8 heteroatoms. The highest BCUT2D eigenvalue weighted by atomic mass is 19.1. The molecule has 1 saturated heterocycles. The third-order valence-corrected chi connectivity index (χ3v) is 5.29. The maximum atomic E-state index is 13.4. The molecule has 4 rings (SSSR count). The number of carbonyl (C=O) groups is 1. The first-order chi connectivity index (χ1) is 15.1. The molecule has 2 heterocycles. The molecule has 1 aliphatic rings. The van der Waals surface area contributed by atoms with Crippen LogP contribution in [0, 0.1) is 5.82 Å². The van der Waals surface area contributed by atoms with Crippen molar-refractivity contribution in [3.8, 4) is 22.8 Å². The number of benzene rings is 2. The highest BCUT2D eigenvalue weighted by Crippen LogP contribution is 2.31. The van der Waals surface area contributed by atoms with Crippen molar-refractivity contribution in [3.63, 3.8) is 0 Å². The average Bonchev–Trinajstić information content (AvgIpc) is 2.83. The minimum atomic E-state index is -0.408. The largest absolute Gasteiger partial charge is 0.493 e. The van der Waals surface area contributed by atoms with Gasteiger partial charge in [0.15, 0.2) is 17.3 Å². The van der Waals surface area contributed by atoms with Crippen molar-refractivity contribution < 1.29 is 18.7 Å². The van der Waals surface area contributed by atoms with Crippen molar-refractivity contribution >= 4 is 11.7 Å². The van der Waals surface area contributed by atoms with Crippen molar-refractivity contribution in [1.82, 2.24) is 15.1 Å². The summed E-state index contributed by atoms with van der Waals surface area (Å²) in [5.74, 6) is 1.47. The fraction of sp³-hybridized carbons (Fsp3) is 0.261. The molecule has 0 spiro atoms. The van der Waals surface area contributed by atoms with Crippen LogP contribution >= 0.6 is 0 Å². The second kappa shape index (κ2) is 8.99. The van der Waals surface area contributed by atoms with E-state index >= 15 is 0 Å². The van der Waals surface area contributed by atoms with Gasteiger partial charge in [-0.2, -0.15) is 0 Å². The maximum Gasteiger partial charge on any atom is 0.254 e. The fourth-order valence-electron chi connectivity index (χ4n) is 3.59. The molecule has 31 heavy (non-hydrogen) atoms. The first-order valence-electron chi connectivity index (χ1n) is 9.95. The summed E-state index contributed by atoms with van der Waals surface area (Å²) in [5.41, 5.74) is 1.97. The van der Waals surface area contributed by atoms with Gasteiger partial charge in [0.05, 0.1) is 19.9 Å². The lowest BCUT2D eigenvalue weighted by Gasteiger charge is -2.35. The van der Waals surface area contributed by atoms with Crippen LogP contribution in [0.1, 0.15) is 10.4 Å². The molecule has 7 nitrogen and oxygen atoms in total. The smallest absolute Gasteiger partial charge is 0.254 e. The molecule has 2 aromatic carbocycles. The Morgan fingerprint density at radius 2 is 1.68 bits per heavy atom. The van der Waals surface area contributed by atoms with Crippen LogP contribution < -0.4 is 14.4 Å². The van der Waals surface area contributed by atoms with Crippen LogP contribution in [-0.4, -0.2) is 61.4 Å². The summed E-state index contributed by atoms with van der Waals surface area (Å²) < 4.78 is 24.0. The summed E-state index contributed by atoms with van der Waals surface area (Å²) in [7, 11) is 3.19. The van der Waals surface area contributed by atoms with Gasteiger partial charge in [0.25, 0.3) is 5.91 Å². The van der Waals surface area contributed by atoms with Gasteiger partial charge >= 0.3 is 0 Å². The lowest BCUT2D eigenvalue weighted by molar-refractivity contribution is 0.0746. The van der Waals surface area contributed by atoms with Crippen molar-refractivity contribution in [2.45, 2.75) is 0 Å². The predicted octanol–water partition coefficient (Wildman–Crippen LogP) is 3.26. The normalized spacial score (nSPS) is 13.8. The van der Waals surface area contributed by atoms with Gasteiger partial charge in [-0.05, 0) is 48.5 Å². The van der Waals surface area contributed by atoms with E-state index in [2.05, 4.69) is 15.1 Å². The van der Waals surface area contributed by atoms with Crippen LogP contribution in [-0.2, 0) is 0 Å². The number of nitrogens with zero attached hydrogens (tertiary/aromatic N) is 4. The molecule has 1 amide bonds. The maximum absolute atomic E-state index is 13.4. The second-order valence-electron chi connectivity index (χ2n) is 7.14. The monoisotopic (exact) mass is 422 g/mol. The van der Waals surface area contributed by atoms with Crippen LogP contribution in [0.3, 0.4) is 0 Å². The van der Waals surface area contributed by atoms with Gasteiger partial charge in [0.2, 0.25) is 0 Å². The summed E-state index contributed by atoms with van der Waals surface area (Å²) in [4.78, 5) is 16.4. The van der Waals surface area contributed by atoms with Gasteiger partial charge in [-0.25, -0.2) is 4.39 Å². The lowest BCUT2D eigenvalue weighted by Crippen LogP contribution is -2.49. The molecule has 0 atom stereocenters. The van der Waals surface area contributed by atoms with E-state index in [4.69, 9.17) is 9.47 Å². The number of carbonyl (C=O) groups excluding carboxylic acids is 1. The van der Waals surface area contributed by atoms with Crippen LogP contribution in [0.2, 0.25) is 0 Å². The molecule has 0 unspecified atom stereocenters. The van der Waals surface area contributed by atoms with E-state index in [1.165, 1.54) is 12.1 Å². The third-order valence-electron chi connectivity index (χ3n) is 5.29. The quantitative estimate of drug-likeness (QED) is 0.629. The number of anilines is 1. The number of ether oxygens (including phenoxy) is 2. The molecule has 0 saturated carbocycles. The zero-order valence-corrected chi connectivity index (χ0v) is 17.4. The van der Waals surface area contributed by atoms with Crippen LogP contribution in [0.15, 0.2) is 54.6 Å². The summed E-state index contributed by atoms with van der Waals surface area (Å²) in [5, 5.41) is 8.72. The van der Waals surface area contributed by atoms with Gasteiger partial charge in [-0.3, -0.25) is 4.79 Å². The first-order valence-corrected chi connectivity index (χ1v) is 9.95. The van der Waals surface area contributed by atoms with E-state index in [-0.39, 0.29) is 5.91 Å². The zero-order valence-electron chi connectivity index (χ0n) is 17.4. The summed E-state index contributed by atoms with van der Waals surface area (Å²) in [6.45, 7) is 2.33. The first kappa shape index (κ1) is 20.6. The van der Waals surface area contributed by atoms with E-state index in [0.29, 0.717) is 43.2 Å². The minimum absolute atomic E-state index is 0.158. The third kappa shape index (κ3) is 4.42. The number of amides is 1. The Morgan fingerprint density at radius 1 is 0.903 bits per heavy atom. The lowest BCUT2D eigenvalue weighted by atomic mass is 10.1. The number of halogens is 1. The number of rotatable bonds is 5. The summed E-state index contributed by atoms with van der Waals surface area (Å²) >= 11 is 0. The molecule has 1 aromatic heterocycles. The fourth-order valence-corrected chi connectivity index (χ4v) is 3.59. The Labute approximate surface area is 180 Å². The topological polar surface area (TPSA) is 67.8 Å². The zero-order chi connectivity index (χ0) is 21.8. The number of hydrogen-bond donors (Lipinski definition) is 0. The average molecular weight is 422 g/mol. The van der Waals surface area contributed by atoms with Gasteiger partial charge < -0.3 is 19.3 Å². The molecule has 3 aromatic rings. The van der Waals surface area contributed by atoms with Crippen LogP contribution in [0.5, 0.6) is 11.5 Å². The van der Waals surface area contributed by atoms with Gasteiger partial charge in [-0.1, -0.05) is 6.07 Å². The van der Waals surface area contributed by atoms with Crippen LogP contribution in [0.4, 0.5) is 10.2 Å². The van der Waals surface area contributed by atoms with E-state index in [1.54, 1.807) is 31.3 Å². The second-order valence-corrected chi connectivity index (χ2v) is 7.14. The SMILES string of the molecule is COc1ccc(-c2ccc(N3CCN(C(=O)c4cccc(F)c4)CC3)nn2)cc1OC. The Bertz CT molecular complexity index is 1070. The standard InChI is InChI=1S/C23H23FN4O3/c1-30-20-8-6-16(15-21(20)31-2)19-7-9-22(26-25-19)27-10-12-28(13-11-27)23(29)17-4-3-5-18(24)14-17/h3-9,14-15H,10-13H2,1-2H3.